The Morgan fingerprint density at radius 2 is 2.33 bits per heavy atom. The van der Waals surface area contributed by atoms with Gasteiger partial charge in [-0.15, -0.1) is 0 Å². The molecule has 5 heteroatoms. The first-order chi connectivity index (χ1) is 8.92. The van der Waals surface area contributed by atoms with E-state index in [4.69, 9.17) is 0 Å². The van der Waals surface area contributed by atoms with Gasteiger partial charge in [-0.3, -0.25) is 0 Å². The van der Waals surface area contributed by atoms with Crippen molar-refractivity contribution in [1.29, 1.82) is 0 Å². The van der Waals surface area contributed by atoms with Crippen molar-refractivity contribution in [2.75, 3.05) is 25.0 Å². The summed E-state index contributed by atoms with van der Waals surface area (Å²) in [6.07, 6.45) is 6.19. The van der Waals surface area contributed by atoms with Gasteiger partial charge in [0.15, 0.2) is 0 Å². The van der Waals surface area contributed by atoms with Crippen LogP contribution in [0, 0.1) is 5.92 Å². The molecule has 0 amide bonds. The minimum absolute atomic E-state index is 0.737. The van der Waals surface area contributed by atoms with Crippen LogP contribution in [-0.4, -0.2) is 34.2 Å². The molecular formula is C13H17N5. The Morgan fingerprint density at radius 1 is 1.33 bits per heavy atom. The van der Waals surface area contributed by atoms with Crippen LogP contribution in [-0.2, 0) is 13.0 Å². The van der Waals surface area contributed by atoms with Crippen molar-refractivity contribution in [2.45, 2.75) is 19.4 Å². The molecule has 2 aliphatic rings. The Bertz CT molecular complexity index is 582. The summed E-state index contributed by atoms with van der Waals surface area (Å²) in [5, 5.41) is 6.77. The second-order valence-corrected chi connectivity index (χ2v) is 5.25. The van der Waals surface area contributed by atoms with Crippen molar-refractivity contribution in [1.82, 2.24) is 19.9 Å². The number of anilines is 1. The molecule has 4 rings (SSSR count). The maximum Gasteiger partial charge on any atom is 0.131 e. The minimum atomic E-state index is 0.737. The Morgan fingerprint density at radius 3 is 3.22 bits per heavy atom. The first kappa shape index (κ1) is 10.3. The lowest BCUT2D eigenvalue weighted by atomic mass is 10.1. The SMILES string of the molecule is c1nc2c(c3c1ncn3CC1CCNC1)CCN2. The van der Waals surface area contributed by atoms with Gasteiger partial charge in [-0.05, 0) is 31.8 Å². The molecule has 0 aromatic carbocycles. The van der Waals surface area contributed by atoms with E-state index < -0.39 is 0 Å². The number of hydrogen-bond acceptors (Lipinski definition) is 4. The first-order valence-corrected chi connectivity index (χ1v) is 6.69. The molecule has 1 unspecified atom stereocenters. The summed E-state index contributed by atoms with van der Waals surface area (Å²) in [5.41, 5.74) is 3.66. The van der Waals surface area contributed by atoms with Crippen molar-refractivity contribution in [3.05, 3.63) is 18.1 Å². The lowest BCUT2D eigenvalue weighted by Crippen LogP contribution is -2.14. The fourth-order valence-corrected chi connectivity index (χ4v) is 3.12. The first-order valence-electron chi connectivity index (χ1n) is 6.69. The summed E-state index contributed by atoms with van der Waals surface area (Å²) in [5.74, 6) is 1.79. The quantitative estimate of drug-likeness (QED) is 0.826. The largest absolute Gasteiger partial charge is 0.369 e. The second-order valence-electron chi connectivity index (χ2n) is 5.25. The van der Waals surface area contributed by atoms with Crippen molar-refractivity contribution in [3.8, 4) is 0 Å². The van der Waals surface area contributed by atoms with E-state index in [0.717, 1.165) is 49.9 Å². The zero-order valence-corrected chi connectivity index (χ0v) is 10.3. The predicted molar refractivity (Wildman–Crippen MR) is 70.7 cm³/mol. The average molecular weight is 243 g/mol. The van der Waals surface area contributed by atoms with E-state index in [1.165, 1.54) is 17.5 Å². The zero-order valence-electron chi connectivity index (χ0n) is 10.3. The van der Waals surface area contributed by atoms with Crippen molar-refractivity contribution in [3.63, 3.8) is 0 Å². The smallest absolute Gasteiger partial charge is 0.131 e. The highest BCUT2D eigenvalue weighted by Crippen LogP contribution is 2.28. The highest BCUT2D eigenvalue weighted by Gasteiger charge is 2.21. The van der Waals surface area contributed by atoms with Gasteiger partial charge in [-0.25, -0.2) is 9.97 Å². The van der Waals surface area contributed by atoms with Crippen LogP contribution in [0.1, 0.15) is 12.0 Å². The molecule has 4 heterocycles. The van der Waals surface area contributed by atoms with Crippen LogP contribution in [0.3, 0.4) is 0 Å². The summed E-state index contributed by atoms with van der Waals surface area (Å²) >= 11 is 0. The van der Waals surface area contributed by atoms with Gasteiger partial charge in [-0.2, -0.15) is 0 Å². The average Bonchev–Trinajstić information content (AvgIpc) is 3.08. The molecule has 1 saturated heterocycles. The van der Waals surface area contributed by atoms with Gasteiger partial charge < -0.3 is 15.2 Å². The Kier molecular flexibility index (Phi) is 2.26. The molecule has 2 N–H and O–H groups in total. The van der Waals surface area contributed by atoms with E-state index in [-0.39, 0.29) is 0 Å². The van der Waals surface area contributed by atoms with Gasteiger partial charge in [0.2, 0.25) is 0 Å². The molecule has 2 aliphatic heterocycles. The Hall–Kier alpha value is -1.62. The second kappa shape index (κ2) is 3.95. The molecule has 2 aromatic heterocycles. The summed E-state index contributed by atoms with van der Waals surface area (Å²) in [7, 11) is 0. The number of hydrogen-bond donors (Lipinski definition) is 2. The third-order valence-corrected chi connectivity index (χ3v) is 4.04. The van der Waals surface area contributed by atoms with Crippen molar-refractivity contribution < 1.29 is 0 Å². The normalized spacial score (nSPS) is 22.3. The zero-order chi connectivity index (χ0) is 11.9. The predicted octanol–water partition coefficient (Wildman–Crippen LogP) is 1.01. The van der Waals surface area contributed by atoms with Crippen LogP contribution in [0.2, 0.25) is 0 Å². The Balaban J connectivity index is 1.78. The summed E-state index contributed by atoms with van der Waals surface area (Å²) < 4.78 is 2.32. The summed E-state index contributed by atoms with van der Waals surface area (Å²) in [6.45, 7) is 4.35. The highest BCUT2D eigenvalue weighted by molar-refractivity contribution is 5.83. The standard InChI is InChI=1S/C13H17N5/c1-3-14-5-9(1)7-18-8-17-11-6-16-13-10(12(11)18)2-4-15-13/h6,8-9,14H,1-5,7H2,(H,15,16). The number of aromatic nitrogens is 3. The van der Waals surface area contributed by atoms with Gasteiger partial charge in [0, 0.05) is 18.7 Å². The third kappa shape index (κ3) is 1.50. The number of rotatable bonds is 2. The molecule has 0 spiro atoms. The molecule has 94 valence electrons. The Labute approximate surface area is 106 Å². The van der Waals surface area contributed by atoms with Crippen LogP contribution in [0.5, 0.6) is 0 Å². The van der Waals surface area contributed by atoms with Gasteiger partial charge in [0.1, 0.15) is 11.3 Å². The lowest BCUT2D eigenvalue weighted by molar-refractivity contribution is 0.489. The van der Waals surface area contributed by atoms with Gasteiger partial charge in [-0.1, -0.05) is 0 Å². The van der Waals surface area contributed by atoms with E-state index in [2.05, 4.69) is 25.2 Å². The number of nitrogens with one attached hydrogen (secondary N) is 2. The van der Waals surface area contributed by atoms with Crippen molar-refractivity contribution in [2.24, 2.45) is 5.92 Å². The van der Waals surface area contributed by atoms with E-state index in [0.29, 0.717) is 0 Å². The number of pyridine rings is 1. The van der Waals surface area contributed by atoms with E-state index in [1.54, 1.807) is 0 Å². The van der Waals surface area contributed by atoms with E-state index in [9.17, 15) is 0 Å². The van der Waals surface area contributed by atoms with Crippen LogP contribution < -0.4 is 10.6 Å². The van der Waals surface area contributed by atoms with Crippen LogP contribution in [0.4, 0.5) is 5.82 Å². The number of fused-ring (bicyclic) bond motifs is 3. The van der Waals surface area contributed by atoms with Gasteiger partial charge >= 0.3 is 0 Å². The maximum atomic E-state index is 4.49. The molecule has 1 fully saturated rings. The molecule has 5 nitrogen and oxygen atoms in total. The number of nitrogens with zero attached hydrogens (tertiary/aromatic N) is 3. The number of imidazole rings is 1. The van der Waals surface area contributed by atoms with Crippen molar-refractivity contribution >= 4 is 16.9 Å². The fourth-order valence-electron chi connectivity index (χ4n) is 3.12. The molecule has 18 heavy (non-hydrogen) atoms. The maximum absolute atomic E-state index is 4.49. The third-order valence-electron chi connectivity index (χ3n) is 4.04. The van der Waals surface area contributed by atoms with Crippen LogP contribution in [0.25, 0.3) is 11.0 Å². The highest BCUT2D eigenvalue weighted by atomic mass is 15.1. The molecule has 0 aliphatic carbocycles. The molecule has 0 bridgehead atoms. The van der Waals surface area contributed by atoms with E-state index in [1.807, 2.05) is 12.5 Å². The fraction of sp³-hybridized carbons (Fsp3) is 0.538. The van der Waals surface area contributed by atoms with Gasteiger partial charge in [0.05, 0.1) is 18.0 Å². The molecule has 0 saturated carbocycles. The monoisotopic (exact) mass is 243 g/mol. The molecule has 2 aromatic rings. The summed E-state index contributed by atoms with van der Waals surface area (Å²) in [6, 6.07) is 0. The van der Waals surface area contributed by atoms with Crippen LogP contribution >= 0.6 is 0 Å². The molecule has 1 atom stereocenters. The lowest BCUT2D eigenvalue weighted by Gasteiger charge is -2.11. The summed E-state index contributed by atoms with van der Waals surface area (Å²) in [4.78, 5) is 8.92. The topological polar surface area (TPSA) is 54.8 Å². The van der Waals surface area contributed by atoms with Gasteiger partial charge in [0.25, 0.3) is 0 Å². The van der Waals surface area contributed by atoms with Crippen LogP contribution in [0.15, 0.2) is 12.5 Å². The van der Waals surface area contributed by atoms with E-state index >= 15 is 0 Å². The minimum Gasteiger partial charge on any atom is -0.369 e. The molecular weight excluding hydrogens is 226 g/mol. The molecule has 0 radical (unpaired) electrons.